The Kier molecular flexibility index (Phi) is 5.26. The molecule has 26 heavy (non-hydrogen) atoms. The lowest BCUT2D eigenvalue weighted by Crippen LogP contribution is -2.52. The summed E-state index contributed by atoms with van der Waals surface area (Å²) in [6.45, 7) is 11.9. The van der Waals surface area contributed by atoms with Crippen LogP contribution in [-0.4, -0.2) is 62.1 Å². The van der Waals surface area contributed by atoms with Crippen molar-refractivity contribution in [2.75, 3.05) is 37.6 Å². The van der Waals surface area contributed by atoms with Crippen molar-refractivity contribution in [3.63, 3.8) is 0 Å². The van der Waals surface area contributed by atoms with Crippen molar-refractivity contribution in [2.24, 2.45) is 7.05 Å². The number of nitrogens with zero attached hydrogens (tertiary/aromatic N) is 6. The van der Waals surface area contributed by atoms with E-state index in [1.54, 1.807) is 22.4 Å². The Hall–Kier alpha value is -2.42. The number of thiocarbonyl (C=S) groups is 1. The molecule has 1 aliphatic heterocycles. The Morgan fingerprint density at radius 2 is 2.04 bits per heavy atom. The van der Waals surface area contributed by atoms with E-state index in [-0.39, 0.29) is 5.56 Å². The van der Waals surface area contributed by atoms with Gasteiger partial charge in [-0.15, -0.1) is 6.58 Å². The van der Waals surface area contributed by atoms with Crippen LogP contribution in [0.15, 0.2) is 17.4 Å². The first kappa shape index (κ1) is 18.4. The first-order chi connectivity index (χ1) is 12.5. The van der Waals surface area contributed by atoms with Crippen molar-refractivity contribution >= 4 is 34.3 Å². The summed E-state index contributed by atoms with van der Waals surface area (Å²) in [7, 11) is 1.79. The van der Waals surface area contributed by atoms with Crippen LogP contribution in [-0.2, 0) is 13.6 Å². The first-order valence-electron chi connectivity index (χ1n) is 8.80. The number of fused-ring (bicyclic) bond motifs is 1. The van der Waals surface area contributed by atoms with Crippen LogP contribution in [0.2, 0.25) is 0 Å². The second-order valence-corrected chi connectivity index (χ2v) is 6.70. The number of hydrogen-bond donors (Lipinski definition) is 1. The van der Waals surface area contributed by atoms with Gasteiger partial charge in [-0.3, -0.25) is 14.0 Å². The quantitative estimate of drug-likeness (QED) is 0.621. The summed E-state index contributed by atoms with van der Waals surface area (Å²) < 4.78 is 3.35. The van der Waals surface area contributed by atoms with Crippen molar-refractivity contribution in [2.45, 2.75) is 20.4 Å². The highest BCUT2D eigenvalue weighted by Crippen LogP contribution is 2.19. The van der Waals surface area contributed by atoms with Gasteiger partial charge in [-0.05, 0) is 26.1 Å². The van der Waals surface area contributed by atoms with Crippen LogP contribution in [0.5, 0.6) is 0 Å². The third-order valence-electron chi connectivity index (χ3n) is 4.66. The number of aryl methyl sites for hydroxylation is 2. The maximum Gasteiger partial charge on any atom is 0.281 e. The summed E-state index contributed by atoms with van der Waals surface area (Å²) in [4.78, 5) is 22.0. The monoisotopic (exact) mass is 375 g/mol. The van der Waals surface area contributed by atoms with Gasteiger partial charge in [0.25, 0.3) is 5.56 Å². The fraction of sp³-hybridized carbons (Fsp3) is 0.529. The van der Waals surface area contributed by atoms with Crippen molar-refractivity contribution in [3.05, 3.63) is 28.7 Å². The molecule has 0 amide bonds. The number of aromatic nitrogens is 4. The Bertz CT molecular complexity index is 893. The predicted octanol–water partition coefficient (Wildman–Crippen LogP) is 0.641. The second-order valence-electron chi connectivity index (χ2n) is 6.32. The van der Waals surface area contributed by atoms with E-state index in [9.17, 15) is 4.79 Å². The van der Waals surface area contributed by atoms with Crippen molar-refractivity contribution in [3.8, 4) is 0 Å². The minimum absolute atomic E-state index is 0.0406. The van der Waals surface area contributed by atoms with Gasteiger partial charge in [0.2, 0.25) is 5.95 Å². The SMILES string of the molecule is C=CCNC(=S)N1CCN(c2nc3c(C)nn(C)c3c(=O)n2CC)CC1. The van der Waals surface area contributed by atoms with E-state index >= 15 is 0 Å². The molecule has 9 heteroatoms. The summed E-state index contributed by atoms with van der Waals surface area (Å²) >= 11 is 5.41. The maximum atomic E-state index is 12.9. The highest BCUT2D eigenvalue weighted by atomic mass is 32.1. The van der Waals surface area contributed by atoms with Crippen LogP contribution in [0.1, 0.15) is 12.6 Å². The molecule has 0 radical (unpaired) electrons. The molecular formula is C17H25N7OS. The zero-order valence-corrected chi connectivity index (χ0v) is 16.3. The summed E-state index contributed by atoms with van der Waals surface area (Å²) in [6.07, 6.45) is 1.79. The standard InChI is InChI=1S/C17H25N7OS/c1-5-7-18-17(26)23-10-8-22(9-11-23)16-19-13-12(3)20-21(4)14(13)15(25)24(16)6-2/h5H,1,6-11H2,2-4H3,(H,18,26). The molecule has 0 spiro atoms. The molecule has 2 aromatic rings. The van der Waals surface area contributed by atoms with Crippen LogP contribution in [0.3, 0.4) is 0 Å². The fourth-order valence-electron chi connectivity index (χ4n) is 3.31. The Morgan fingerprint density at radius 1 is 1.35 bits per heavy atom. The molecule has 0 unspecified atom stereocenters. The van der Waals surface area contributed by atoms with E-state index in [1.165, 1.54) is 0 Å². The van der Waals surface area contributed by atoms with E-state index in [0.29, 0.717) is 30.1 Å². The third-order valence-corrected chi connectivity index (χ3v) is 5.06. The van der Waals surface area contributed by atoms with E-state index in [1.807, 2.05) is 13.8 Å². The van der Waals surface area contributed by atoms with Crippen LogP contribution >= 0.6 is 12.2 Å². The Labute approximate surface area is 158 Å². The third kappa shape index (κ3) is 3.18. The van der Waals surface area contributed by atoms with Crippen LogP contribution in [0, 0.1) is 6.92 Å². The minimum Gasteiger partial charge on any atom is -0.359 e. The van der Waals surface area contributed by atoms with Gasteiger partial charge in [0.1, 0.15) is 5.52 Å². The number of nitrogens with one attached hydrogen (secondary N) is 1. The van der Waals surface area contributed by atoms with E-state index in [0.717, 1.165) is 37.0 Å². The molecule has 0 bridgehead atoms. The van der Waals surface area contributed by atoms with Gasteiger partial charge < -0.3 is 15.1 Å². The van der Waals surface area contributed by atoms with Crippen molar-refractivity contribution in [1.82, 2.24) is 29.5 Å². The molecule has 3 heterocycles. The largest absolute Gasteiger partial charge is 0.359 e. The lowest BCUT2D eigenvalue weighted by molar-refractivity contribution is 0.376. The molecule has 0 aromatic carbocycles. The molecule has 8 nitrogen and oxygen atoms in total. The number of rotatable bonds is 4. The summed E-state index contributed by atoms with van der Waals surface area (Å²) in [6, 6.07) is 0. The highest BCUT2D eigenvalue weighted by molar-refractivity contribution is 7.80. The molecule has 3 rings (SSSR count). The minimum atomic E-state index is -0.0406. The fourth-order valence-corrected chi connectivity index (χ4v) is 3.57. The van der Waals surface area contributed by atoms with Crippen molar-refractivity contribution in [1.29, 1.82) is 0 Å². The molecule has 1 saturated heterocycles. The predicted molar refractivity (Wildman–Crippen MR) is 108 cm³/mol. The number of hydrogen-bond acceptors (Lipinski definition) is 5. The molecule has 0 aliphatic carbocycles. The molecule has 1 fully saturated rings. The Balaban J connectivity index is 1.87. The summed E-state index contributed by atoms with van der Waals surface area (Å²) in [5.41, 5.74) is 1.98. The molecule has 2 aromatic heterocycles. The average molecular weight is 376 g/mol. The van der Waals surface area contributed by atoms with Gasteiger partial charge in [0, 0.05) is 46.3 Å². The average Bonchev–Trinajstić information content (AvgIpc) is 2.93. The van der Waals surface area contributed by atoms with Gasteiger partial charge in [0.15, 0.2) is 10.6 Å². The molecular weight excluding hydrogens is 350 g/mol. The van der Waals surface area contributed by atoms with E-state index in [4.69, 9.17) is 17.2 Å². The smallest absolute Gasteiger partial charge is 0.281 e. The molecule has 1 N–H and O–H groups in total. The number of piperazine rings is 1. The molecule has 0 saturated carbocycles. The van der Waals surface area contributed by atoms with Crippen LogP contribution in [0.25, 0.3) is 11.0 Å². The van der Waals surface area contributed by atoms with Gasteiger partial charge in [0.05, 0.1) is 5.69 Å². The van der Waals surface area contributed by atoms with Crippen LogP contribution < -0.4 is 15.8 Å². The highest BCUT2D eigenvalue weighted by Gasteiger charge is 2.24. The van der Waals surface area contributed by atoms with Crippen molar-refractivity contribution < 1.29 is 0 Å². The summed E-state index contributed by atoms with van der Waals surface area (Å²) in [5, 5.41) is 8.26. The van der Waals surface area contributed by atoms with Gasteiger partial charge in [-0.2, -0.15) is 5.10 Å². The first-order valence-corrected chi connectivity index (χ1v) is 9.21. The topological polar surface area (TPSA) is 71.2 Å². The molecule has 140 valence electrons. The zero-order valence-electron chi connectivity index (χ0n) is 15.5. The molecule has 1 aliphatic rings. The Morgan fingerprint density at radius 3 is 2.65 bits per heavy atom. The van der Waals surface area contributed by atoms with Gasteiger partial charge in [-0.1, -0.05) is 6.08 Å². The van der Waals surface area contributed by atoms with Gasteiger partial charge in [-0.25, -0.2) is 4.98 Å². The lowest BCUT2D eigenvalue weighted by Gasteiger charge is -2.37. The van der Waals surface area contributed by atoms with Gasteiger partial charge >= 0.3 is 0 Å². The number of anilines is 1. The second kappa shape index (κ2) is 7.45. The van der Waals surface area contributed by atoms with E-state index in [2.05, 4.69) is 26.8 Å². The normalized spacial score (nSPS) is 14.7. The molecule has 0 atom stereocenters. The summed E-state index contributed by atoms with van der Waals surface area (Å²) in [5.74, 6) is 0.714. The van der Waals surface area contributed by atoms with Crippen LogP contribution in [0.4, 0.5) is 5.95 Å². The van der Waals surface area contributed by atoms with E-state index < -0.39 is 0 Å². The maximum absolute atomic E-state index is 12.9. The zero-order chi connectivity index (χ0) is 18.8. The lowest BCUT2D eigenvalue weighted by atomic mass is 10.3.